The summed E-state index contributed by atoms with van der Waals surface area (Å²) in [6.45, 7) is 4.34. The number of nitrogens with zero attached hydrogens (tertiary/aromatic N) is 3. The van der Waals surface area contributed by atoms with Crippen LogP contribution in [0.1, 0.15) is 31.2 Å². The van der Waals surface area contributed by atoms with Crippen LogP contribution in [0.4, 0.5) is 4.79 Å². The molecule has 5 heteroatoms. The van der Waals surface area contributed by atoms with Gasteiger partial charge in [-0.1, -0.05) is 37.1 Å². The minimum absolute atomic E-state index is 0.123. The fraction of sp³-hybridized carbons (Fsp3) is 0.500. The molecular weight excluding hydrogens is 312 g/mol. The van der Waals surface area contributed by atoms with Crippen molar-refractivity contribution in [3.05, 3.63) is 42.1 Å². The van der Waals surface area contributed by atoms with E-state index in [-0.39, 0.29) is 6.03 Å². The van der Waals surface area contributed by atoms with E-state index < -0.39 is 0 Å². The average Bonchev–Trinajstić information content (AvgIpc) is 3.16. The number of urea groups is 1. The zero-order valence-corrected chi connectivity index (χ0v) is 14.7. The molecule has 5 nitrogen and oxygen atoms in total. The van der Waals surface area contributed by atoms with Crippen LogP contribution < -0.4 is 5.32 Å². The Kier molecular flexibility index (Phi) is 4.83. The molecule has 2 aliphatic rings. The Morgan fingerprint density at radius 2 is 1.84 bits per heavy atom. The molecule has 0 spiro atoms. The maximum Gasteiger partial charge on any atom is 0.317 e. The van der Waals surface area contributed by atoms with Crippen molar-refractivity contribution in [3.63, 3.8) is 0 Å². The number of aromatic nitrogens is 1. The van der Waals surface area contributed by atoms with Gasteiger partial charge in [-0.2, -0.15) is 0 Å². The van der Waals surface area contributed by atoms with Gasteiger partial charge in [-0.25, -0.2) is 4.79 Å². The van der Waals surface area contributed by atoms with Crippen LogP contribution in [0, 0.1) is 0 Å². The third-order valence-electron chi connectivity index (χ3n) is 5.45. The molecule has 132 valence electrons. The highest BCUT2D eigenvalue weighted by molar-refractivity contribution is 5.81. The molecule has 2 aromatic rings. The SMILES string of the molecule is O=C(NC1CCCC1)N1CCN(Cc2cccc3cccnc23)CC1. The number of carbonyl (C=O) groups is 1. The Hall–Kier alpha value is -2.14. The molecule has 0 atom stereocenters. The fourth-order valence-electron chi connectivity index (χ4n) is 3.98. The number of pyridine rings is 1. The van der Waals surface area contributed by atoms with Gasteiger partial charge in [0.15, 0.2) is 0 Å². The van der Waals surface area contributed by atoms with E-state index in [1.807, 2.05) is 17.2 Å². The van der Waals surface area contributed by atoms with Gasteiger partial charge in [-0.05, 0) is 24.5 Å². The summed E-state index contributed by atoms with van der Waals surface area (Å²) in [5.74, 6) is 0. The highest BCUT2D eigenvalue weighted by Crippen LogP contribution is 2.20. The van der Waals surface area contributed by atoms with Gasteiger partial charge in [-0.15, -0.1) is 0 Å². The van der Waals surface area contributed by atoms with E-state index in [1.54, 1.807) is 0 Å². The van der Waals surface area contributed by atoms with E-state index in [9.17, 15) is 4.79 Å². The quantitative estimate of drug-likeness (QED) is 0.936. The maximum absolute atomic E-state index is 12.4. The number of hydrogen-bond acceptors (Lipinski definition) is 3. The molecule has 1 saturated carbocycles. The summed E-state index contributed by atoms with van der Waals surface area (Å²) < 4.78 is 0. The van der Waals surface area contributed by atoms with Gasteiger partial charge in [0.25, 0.3) is 0 Å². The Bertz CT molecular complexity index is 728. The van der Waals surface area contributed by atoms with E-state index in [1.165, 1.54) is 23.8 Å². The van der Waals surface area contributed by atoms with E-state index in [0.29, 0.717) is 6.04 Å². The number of hydrogen-bond donors (Lipinski definition) is 1. The second kappa shape index (κ2) is 7.40. The zero-order valence-electron chi connectivity index (χ0n) is 14.7. The lowest BCUT2D eigenvalue weighted by molar-refractivity contribution is 0.133. The van der Waals surface area contributed by atoms with Gasteiger partial charge in [0.1, 0.15) is 0 Å². The summed E-state index contributed by atoms with van der Waals surface area (Å²) >= 11 is 0. The van der Waals surface area contributed by atoms with Gasteiger partial charge in [0, 0.05) is 50.3 Å². The molecule has 1 aliphatic carbocycles. The Morgan fingerprint density at radius 3 is 2.64 bits per heavy atom. The molecule has 1 aliphatic heterocycles. The van der Waals surface area contributed by atoms with Gasteiger partial charge in [0.2, 0.25) is 0 Å². The lowest BCUT2D eigenvalue weighted by Gasteiger charge is -2.35. The lowest BCUT2D eigenvalue weighted by Crippen LogP contribution is -2.52. The monoisotopic (exact) mass is 338 g/mol. The molecular formula is C20H26N4O. The summed E-state index contributed by atoms with van der Waals surface area (Å²) in [6, 6.07) is 11.0. The van der Waals surface area contributed by atoms with E-state index in [0.717, 1.165) is 51.1 Å². The fourth-order valence-corrected chi connectivity index (χ4v) is 3.98. The number of fused-ring (bicyclic) bond motifs is 1. The number of benzene rings is 1. The summed E-state index contributed by atoms with van der Waals surface area (Å²) in [5, 5.41) is 4.39. The molecule has 0 radical (unpaired) electrons. The molecule has 2 fully saturated rings. The van der Waals surface area contributed by atoms with Crippen molar-refractivity contribution in [2.45, 2.75) is 38.3 Å². The molecule has 1 aromatic carbocycles. The summed E-state index contributed by atoms with van der Waals surface area (Å²) in [5.41, 5.74) is 2.35. The smallest absolute Gasteiger partial charge is 0.317 e. The first kappa shape index (κ1) is 16.3. The van der Waals surface area contributed by atoms with Crippen LogP contribution in [0.25, 0.3) is 10.9 Å². The predicted molar refractivity (Wildman–Crippen MR) is 99.4 cm³/mol. The molecule has 2 heterocycles. The maximum atomic E-state index is 12.4. The number of piperazine rings is 1. The largest absolute Gasteiger partial charge is 0.335 e. The normalized spacial score (nSPS) is 19.4. The third kappa shape index (κ3) is 3.76. The van der Waals surface area contributed by atoms with Crippen molar-refractivity contribution < 1.29 is 4.79 Å². The third-order valence-corrected chi connectivity index (χ3v) is 5.45. The molecule has 1 aromatic heterocycles. The van der Waals surface area contributed by atoms with Gasteiger partial charge in [-0.3, -0.25) is 9.88 Å². The van der Waals surface area contributed by atoms with Gasteiger partial charge in [0.05, 0.1) is 5.52 Å². The topological polar surface area (TPSA) is 48.5 Å². The Balaban J connectivity index is 1.33. The Labute approximate surface area is 149 Å². The van der Waals surface area contributed by atoms with Crippen LogP contribution in [0.15, 0.2) is 36.5 Å². The van der Waals surface area contributed by atoms with Crippen molar-refractivity contribution >= 4 is 16.9 Å². The minimum atomic E-state index is 0.123. The van der Waals surface area contributed by atoms with Crippen molar-refractivity contribution in [2.24, 2.45) is 0 Å². The number of amides is 2. The summed E-state index contributed by atoms with van der Waals surface area (Å²) in [7, 11) is 0. The van der Waals surface area contributed by atoms with Crippen molar-refractivity contribution in [2.75, 3.05) is 26.2 Å². The Morgan fingerprint density at radius 1 is 1.08 bits per heavy atom. The molecule has 0 bridgehead atoms. The van der Waals surface area contributed by atoms with Crippen molar-refractivity contribution in [1.29, 1.82) is 0 Å². The lowest BCUT2D eigenvalue weighted by atomic mass is 10.1. The average molecular weight is 338 g/mol. The van der Waals surface area contributed by atoms with Gasteiger partial charge < -0.3 is 10.2 Å². The summed E-state index contributed by atoms with van der Waals surface area (Å²) in [4.78, 5) is 21.3. The number of para-hydroxylation sites is 1. The molecule has 0 unspecified atom stereocenters. The van der Waals surface area contributed by atoms with E-state index in [4.69, 9.17) is 0 Å². The number of rotatable bonds is 3. The van der Waals surface area contributed by atoms with Crippen LogP contribution in [0.2, 0.25) is 0 Å². The molecule has 2 amide bonds. The van der Waals surface area contributed by atoms with E-state index in [2.05, 4.69) is 39.5 Å². The van der Waals surface area contributed by atoms with Crippen molar-refractivity contribution in [3.8, 4) is 0 Å². The predicted octanol–water partition coefficient (Wildman–Crippen LogP) is 3.00. The first-order valence-corrected chi connectivity index (χ1v) is 9.40. The number of carbonyl (C=O) groups excluding carboxylic acids is 1. The first-order chi connectivity index (χ1) is 12.3. The second-order valence-electron chi connectivity index (χ2n) is 7.19. The molecule has 25 heavy (non-hydrogen) atoms. The van der Waals surface area contributed by atoms with Crippen LogP contribution in [0.3, 0.4) is 0 Å². The van der Waals surface area contributed by atoms with Crippen LogP contribution in [-0.4, -0.2) is 53.0 Å². The first-order valence-electron chi connectivity index (χ1n) is 9.40. The molecule has 1 saturated heterocycles. The molecule has 4 rings (SSSR count). The molecule has 1 N–H and O–H groups in total. The van der Waals surface area contributed by atoms with Crippen molar-refractivity contribution in [1.82, 2.24) is 20.1 Å². The van der Waals surface area contributed by atoms with E-state index >= 15 is 0 Å². The minimum Gasteiger partial charge on any atom is -0.335 e. The van der Waals surface area contributed by atoms with Crippen LogP contribution >= 0.6 is 0 Å². The van der Waals surface area contributed by atoms with Gasteiger partial charge >= 0.3 is 6.03 Å². The highest BCUT2D eigenvalue weighted by atomic mass is 16.2. The zero-order chi connectivity index (χ0) is 17.1. The number of nitrogens with one attached hydrogen (secondary N) is 1. The van der Waals surface area contributed by atoms with Crippen LogP contribution in [0.5, 0.6) is 0 Å². The standard InChI is InChI=1S/C20H26N4O/c25-20(22-18-8-1-2-9-18)24-13-11-23(12-14-24)15-17-6-3-5-16-7-4-10-21-19(16)17/h3-7,10,18H,1-2,8-9,11-15H2,(H,22,25). The van der Waals surface area contributed by atoms with Crippen LogP contribution in [-0.2, 0) is 6.54 Å². The highest BCUT2D eigenvalue weighted by Gasteiger charge is 2.24. The summed E-state index contributed by atoms with van der Waals surface area (Å²) in [6.07, 6.45) is 6.63. The second-order valence-corrected chi connectivity index (χ2v) is 7.19.